The first-order valence-corrected chi connectivity index (χ1v) is 19.8. The lowest BCUT2D eigenvalue weighted by Crippen LogP contribution is -2.49. The molecule has 296 valence electrons. The summed E-state index contributed by atoms with van der Waals surface area (Å²) in [5.41, 5.74) is 4.78. The molecule has 2 saturated carbocycles. The van der Waals surface area contributed by atoms with E-state index in [2.05, 4.69) is 30.7 Å². The Morgan fingerprint density at radius 3 is 1.86 bits per heavy atom. The van der Waals surface area contributed by atoms with Crippen LogP contribution in [0.4, 0.5) is 9.59 Å². The number of benzene rings is 2. The molecule has 3 fully saturated rings. The van der Waals surface area contributed by atoms with E-state index in [0.717, 1.165) is 47.9 Å². The molecule has 3 aliphatic rings. The van der Waals surface area contributed by atoms with E-state index in [1.54, 1.807) is 0 Å². The first kappa shape index (κ1) is 39.2. The number of methoxy groups -OCH3 is 2. The fraction of sp³-hybridized carbons (Fsp3) is 0.450. The Balaban J connectivity index is 1.04. The van der Waals surface area contributed by atoms with Gasteiger partial charge in [-0.05, 0) is 55.1 Å². The largest absolute Gasteiger partial charge is 0.453 e. The van der Waals surface area contributed by atoms with E-state index in [0.29, 0.717) is 64.4 Å². The number of rotatable bonds is 14. The van der Waals surface area contributed by atoms with Gasteiger partial charge < -0.3 is 40.3 Å². The molecule has 2 aromatic carbocycles. The standard InChI is InChI=1S/C40H46Cl2N8O6/c1-5-26(44-39(53)55-3)37(51)43-28(17-20-7-8-20)35-46-31(33(41)48-35)23-13-9-21(10-14-23)22-11-15-24(16-12-22)32-34(42)49-36(47-32)30-19-25-18-29(25)50(30)38(52)27(6-2)45-40(54)56-4/h9-16,20,25-30H,5-8,17-19H2,1-4H3,(H,43,51)(H,44,53)(H,45,54)(H,46,48)(H,47,49)/t25-,26+,27+,28+,29-,30+/m1/s1. The second-order valence-electron chi connectivity index (χ2n) is 14.7. The van der Waals surface area contributed by atoms with Gasteiger partial charge in [0.25, 0.3) is 0 Å². The molecule has 6 atom stereocenters. The zero-order chi connectivity index (χ0) is 39.7. The number of hydrogen-bond acceptors (Lipinski definition) is 8. The lowest BCUT2D eigenvalue weighted by molar-refractivity contribution is -0.135. The van der Waals surface area contributed by atoms with Crippen molar-refractivity contribution < 1.29 is 28.7 Å². The van der Waals surface area contributed by atoms with Crippen LogP contribution in [0.2, 0.25) is 10.3 Å². The van der Waals surface area contributed by atoms with Gasteiger partial charge in [-0.2, -0.15) is 0 Å². The number of hydrogen-bond donors (Lipinski definition) is 5. The van der Waals surface area contributed by atoms with Gasteiger partial charge in [0.05, 0.1) is 26.3 Å². The van der Waals surface area contributed by atoms with Crippen LogP contribution in [0.5, 0.6) is 0 Å². The molecule has 5 N–H and O–H groups in total. The number of ether oxygens (including phenoxy) is 2. The summed E-state index contributed by atoms with van der Waals surface area (Å²) in [6.45, 7) is 3.67. The molecule has 0 radical (unpaired) electrons. The minimum atomic E-state index is -0.743. The van der Waals surface area contributed by atoms with Crippen LogP contribution in [0.15, 0.2) is 48.5 Å². The highest BCUT2D eigenvalue weighted by Gasteiger charge is 2.56. The number of carbonyl (C=O) groups excluding carboxylic acids is 4. The van der Waals surface area contributed by atoms with Crippen molar-refractivity contribution in [2.75, 3.05) is 14.2 Å². The molecule has 3 heterocycles. The number of alkyl carbamates (subject to hydrolysis) is 2. The van der Waals surface area contributed by atoms with Crippen LogP contribution in [0.1, 0.15) is 82.5 Å². The van der Waals surface area contributed by atoms with Crippen LogP contribution < -0.4 is 16.0 Å². The van der Waals surface area contributed by atoms with Crippen molar-refractivity contribution in [3.8, 4) is 33.6 Å². The van der Waals surface area contributed by atoms with E-state index in [1.165, 1.54) is 14.2 Å². The lowest BCUT2D eigenvalue weighted by Gasteiger charge is -2.30. The Morgan fingerprint density at radius 2 is 1.30 bits per heavy atom. The highest BCUT2D eigenvalue weighted by Crippen LogP contribution is 2.53. The van der Waals surface area contributed by atoms with Crippen molar-refractivity contribution in [2.24, 2.45) is 11.8 Å². The Bertz CT molecular complexity index is 2080. The second-order valence-corrected chi connectivity index (χ2v) is 15.5. The highest BCUT2D eigenvalue weighted by molar-refractivity contribution is 6.32. The molecule has 4 aromatic rings. The normalized spacial score (nSPS) is 20.0. The Hall–Kier alpha value is -5.08. The smallest absolute Gasteiger partial charge is 0.407 e. The van der Waals surface area contributed by atoms with Crippen molar-refractivity contribution in [2.45, 2.75) is 89.0 Å². The number of aromatic amines is 2. The fourth-order valence-electron chi connectivity index (χ4n) is 7.57. The molecule has 0 spiro atoms. The van der Waals surface area contributed by atoms with Gasteiger partial charge in [-0.1, -0.05) is 98.4 Å². The van der Waals surface area contributed by atoms with Crippen LogP contribution in [-0.4, -0.2) is 81.2 Å². The maximum absolute atomic E-state index is 13.6. The lowest BCUT2D eigenvalue weighted by atomic mass is 10.0. The summed E-state index contributed by atoms with van der Waals surface area (Å²) in [5.74, 6) is 1.60. The van der Waals surface area contributed by atoms with Gasteiger partial charge in [-0.3, -0.25) is 9.59 Å². The van der Waals surface area contributed by atoms with Crippen molar-refractivity contribution in [1.82, 2.24) is 40.8 Å². The average molecular weight is 806 g/mol. The maximum Gasteiger partial charge on any atom is 0.407 e. The number of piperidine rings is 1. The van der Waals surface area contributed by atoms with E-state index in [1.807, 2.05) is 67.3 Å². The Morgan fingerprint density at radius 1 is 0.768 bits per heavy atom. The van der Waals surface area contributed by atoms with E-state index in [9.17, 15) is 19.2 Å². The van der Waals surface area contributed by atoms with Crippen LogP contribution in [0, 0.1) is 11.8 Å². The number of nitrogens with one attached hydrogen (secondary N) is 5. The molecule has 0 unspecified atom stereocenters. The summed E-state index contributed by atoms with van der Waals surface area (Å²) in [7, 11) is 2.54. The number of H-pyrrole nitrogens is 2. The van der Waals surface area contributed by atoms with Crippen molar-refractivity contribution in [1.29, 1.82) is 0 Å². The van der Waals surface area contributed by atoms with Crippen molar-refractivity contribution in [3.63, 3.8) is 0 Å². The molecule has 14 nitrogen and oxygen atoms in total. The molecule has 56 heavy (non-hydrogen) atoms. The zero-order valence-electron chi connectivity index (χ0n) is 31.7. The molecule has 0 bridgehead atoms. The van der Waals surface area contributed by atoms with Gasteiger partial charge in [0.1, 0.15) is 45.4 Å². The topological polar surface area (TPSA) is 183 Å². The summed E-state index contributed by atoms with van der Waals surface area (Å²) < 4.78 is 9.42. The molecule has 1 aliphatic heterocycles. The summed E-state index contributed by atoms with van der Waals surface area (Å²) >= 11 is 13.4. The maximum atomic E-state index is 13.6. The van der Waals surface area contributed by atoms with Gasteiger partial charge in [0, 0.05) is 17.2 Å². The van der Waals surface area contributed by atoms with Crippen LogP contribution in [-0.2, 0) is 19.1 Å². The van der Waals surface area contributed by atoms with Gasteiger partial charge in [-0.15, -0.1) is 0 Å². The van der Waals surface area contributed by atoms with Crippen LogP contribution >= 0.6 is 23.2 Å². The third kappa shape index (κ3) is 8.36. The number of fused-ring (bicyclic) bond motifs is 1. The summed E-state index contributed by atoms with van der Waals surface area (Å²) in [6.07, 6.45) is 4.14. The third-order valence-electron chi connectivity index (χ3n) is 11.0. The number of likely N-dealkylation sites (tertiary alicyclic amines) is 1. The van der Waals surface area contributed by atoms with Gasteiger partial charge in [0.15, 0.2) is 0 Å². The minimum Gasteiger partial charge on any atom is -0.453 e. The molecule has 4 amide bonds. The summed E-state index contributed by atoms with van der Waals surface area (Å²) in [5, 5.41) is 9.06. The number of imidazole rings is 2. The average Bonchev–Trinajstić information content (AvgIpc) is 4.07. The monoisotopic (exact) mass is 804 g/mol. The zero-order valence-corrected chi connectivity index (χ0v) is 33.2. The van der Waals surface area contributed by atoms with E-state index in [-0.39, 0.29) is 23.9 Å². The van der Waals surface area contributed by atoms with Crippen LogP contribution in [0.25, 0.3) is 33.6 Å². The van der Waals surface area contributed by atoms with E-state index >= 15 is 0 Å². The number of halogens is 2. The molecule has 7 rings (SSSR count). The molecule has 2 aromatic heterocycles. The number of amides is 4. The van der Waals surface area contributed by atoms with Gasteiger partial charge in [-0.25, -0.2) is 19.6 Å². The number of aromatic nitrogens is 4. The fourth-order valence-corrected chi connectivity index (χ4v) is 8.07. The van der Waals surface area contributed by atoms with Gasteiger partial charge >= 0.3 is 12.2 Å². The predicted molar refractivity (Wildman–Crippen MR) is 211 cm³/mol. The first-order chi connectivity index (χ1) is 27.0. The molecule has 1 saturated heterocycles. The highest BCUT2D eigenvalue weighted by atomic mass is 35.5. The number of carbonyl (C=O) groups is 4. The van der Waals surface area contributed by atoms with Crippen LogP contribution in [0.3, 0.4) is 0 Å². The van der Waals surface area contributed by atoms with Crippen molar-refractivity contribution >= 4 is 47.2 Å². The molecular formula is C40H46Cl2N8O6. The van der Waals surface area contributed by atoms with E-state index in [4.69, 9.17) is 37.9 Å². The van der Waals surface area contributed by atoms with Crippen molar-refractivity contribution in [3.05, 3.63) is 70.5 Å². The Kier molecular flexibility index (Phi) is 11.6. The molecule has 2 aliphatic carbocycles. The number of nitrogens with zero attached hydrogens (tertiary/aromatic N) is 3. The molecule has 16 heteroatoms. The predicted octanol–water partition coefficient (Wildman–Crippen LogP) is 7.33. The summed E-state index contributed by atoms with van der Waals surface area (Å²) in [4.78, 5) is 68.4. The minimum absolute atomic E-state index is 0.124. The quantitative estimate of drug-likeness (QED) is 0.0878. The first-order valence-electron chi connectivity index (χ1n) is 19.0. The SMILES string of the molecule is CC[C@H](NC(=O)OC)C(=O)N[C@@H](CC1CC1)c1nc(-c2ccc(-c3ccc(-c4nc([C@@H]5C[C@H]6C[C@H]6N5C(=O)[C@H](CC)NC(=O)OC)[nH]c4Cl)cc3)cc2)c(Cl)[nH]1. The Labute approximate surface area is 334 Å². The molecular weight excluding hydrogens is 759 g/mol. The van der Waals surface area contributed by atoms with E-state index < -0.39 is 30.3 Å². The second kappa shape index (κ2) is 16.6. The van der Waals surface area contributed by atoms with Gasteiger partial charge in [0.2, 0.25) is 11.8 Å². The third-order valence-corrected chi connectivity index (χ3v) is 11.5. The summed E-state index contributed by atoms with van der Waals surface area (Å²) in [6, 6.07) is 13.9.